The van der Waals surface area contributed by atoms with Crippen molar-refractivity contribution in [3.8, 4) is 0 Å². The zero-order valence-electron chi connectivity index (χ0n) is 8.51. The summed E-state index contributed by atoms with van der Waals surface area (Å²) in [6.45, 7) is 1.04. The van der Waals surface area contributed by atoms with Crippen molar-refractivity contribution in [3.05, 3.63) is 17.9 Å². The maximum absolute atomic E-state index is 11.4. The van der Waals surface area contributed by atoms with E-state index in [4.69, 9.17) is 4.42 Å². The third kappa shape index (κ3) is 2.60. The van der Waals surface area contributed by atoms with Gasteiger partial charge in [0, 0.05) is 6.92 Å². The van der Waals surface area contributed by atoms with Gasteiger partial charge in [-0.15, -0.1) is 0 Å². The van der Waals surface area contributed by atoms with Gasteiger partial charge in [-0.3, -0.25) is 4.79 Å². The van der Waals surface area contributed by atoms with Gasteiger partial charge in [0.1, 0.15) is 0 Å². The standard InChI is InChI=1S/C8H9NO6S/c1-5(10)9-16(12,13)7-4-3-6(15-7)8(11)14-2/h3-4H,1-2H3,(H,9,10). The Hall–Kier alpha value is -1.83. The highest BCUT2D eigenvalue weighted by atomic mass is 32.2. The van der Waals surface area contributed by atoms with Crippen LogP contribution < -0.4 is 4.72 Å². The summed E-state index contributed by atoms with van der Waals surface area (Å²) < 4.78 is 33.5. The van der Waals surface area contributed by atoms with E-state index in [0.29, 0.717) is 0 Å². The Morgan fingerprint density at radius 2 is 2.00 bits per heavy atom. The SMILES string of the molecule is COC(=O)c1ccc(S(=O)(=O)NC(C)=O)o1. The van der Waals surface area contributed by atoms with E-state index in [2.05, 4.69) is 4.74 Å². The Labute approximate surface area is 91.4 Å². The molecular weight excluding hydrogens is 238 g/mol. The number of hydrogen-bond donors (Lipinski definition) is 1. The minimum Gasteiger partial charge on any atom is -0.463 e. The first-order chi connectivity index (χ1) is 7.36. The molecule has 0 aromatic carbocycles. The van der Waals surface area contributed by atoms with Gasteiger partial charge >= 0.3 is 5.97 Å². The molecule has 0 aliphatic heterocycles. The fourth-order valence-electron chi connectivity index (χ4n) is 0.914. The fraction of sp³-hybridized carbons (Fsp3) is 0.250. The van der Waals surface area contributed by atoms with Crippen molar-refractivity contribution >= 4 is 21.9 Å². The predicted octanol–water partition coefficient (Wildman–Crippen LogP) is -0.109. The van der Waals surface area contributed by atoms with Crippen molar-refractivity contribution in [1.29, 1.82) is 0 Å². The van der Waals surface area contributed by atoms with Crippen LogP contribution in [0.25, 0.3) is 0 Å². The van der Waals surface area contributed by atoms with Gasteiger partial charge in [0.2, 0.25) is 16.8 Å². The van der Waals surface area contributed by atoms with Gasteiger partial charge in [-0.05, 0) is 12.1 Å². The van der Waals surface area contributed by atoms with E-state index in [0.717, 1.165) is 26.2 Å². The maximum atomic E-state index is 11.4. The van der Waals surface area contributed by atoms with Gasteiger partial charge in [0.15, 0.2) is 0 Å². The van der Waals surface area contributed by atoms with E-state index in [9.17, 15) is 18.0 Å². The number of nitrogens with one attached hydrogen (secondary N) is 1. The molecule has 0 aliphatic carbocycles. The van der Waals surface area contributed by atoms with Crippen LogP contribution in [0.1, 0.15) is 17.5 Å². The average Bonchev–Trinajstić information content (AvgIpc) is 2.63. The molecule has 0 radical (unpaired) electrons. The molecule has 0 saturated heterocycles. The van der Waals surface area contributed by atoms with Gasteiger partial charge in [-0.25, -0.2) is 9.52 Å². The van der Waals surface area contributed by atoms with Crippen LogP contribution in [0, 0.1) is 0 Å². The first-order valence-corrected chi connectivity index (χ1v) is 5.56. The molecule has 0 fully saturated rings. The largest absolute Gasteiger partial charge is 0.463 e. The number of rotatable bonds is 3. The lowest BCUT2D eigenvalue weighted by Gasteiger charge is -1.99. The molecule has 1 heterocycles. The first kappa shape index (κ1) is 12.2. The summed E-state index contributed by atoms with van der Waals surface area (Å²) >= 11 is 0. The summed E-state index contributed by atoms with van der Waals surface area (Å²) in [4.78, 5) is 21.6. The molecule has 16 heavy (non-hydrogen) atoms. The molecule has 0 unspecified atom stereocenters. The molecule has 0 bridgehead atoms. The molecule has 0 spiro atoms. The number of esters is 1. The van der Waals surface area contributed by atoms with Crippen LogP contribution in [0.2, 0.25) is 0 Å². The van der Waals surface area contributed by atoms with Crippen LogP contribution in [0.5, 0.6) is 0 Å². The normalized spacial score (nSPS) is 10.9. The molecule has 8 heteroatoms. The quantitative estimate of drug-likeness (QED) is 0.747. The minimum absolute atomic E-state index is 0.258. The van der Waals surface area contributed by atoms with Crippen molar-refractivity contribution < 1.29 is 27.2 Å². The number of hydrogen-bond acceptors (Lipinski definition) is 6. The number of methoxy groups -OCH3 is 1. The molecule has 0 aliphatic rings. The lowest BCUT2D eigenvalue weighted by atomic mass is 10.5. The lowest BCUT2D eigenvalue weighted by Crippen LogP contribution is -2.27. The lowest BCUT2D eigenvalue weighted by molar-refractivity contribution is -0.117. The number of furan rings is 1. The Balaban J connectivity index is 3.02. The summed E-state index contributed by atoms with van der Waals surface area (Å²) in [7, 11) is -2.92. The topological polar surface area (TPSA) is 103 Å². The highest BCUT2D eigenvalue weighted by Crippen LogP contribution is 2.14. The molecule has 1 aromatic rings. The van der Waals surface area contributed by atoms with Crippen molar-refractivity contribution in [2.75, 3.05) is 7.11 Å². The summed E-state index contributed by atoms with van der Waals surface area (Å²) in [5.41, 5.74) is 0. The third-order valence-electron chi connectivity index (χ3n) is 1.51. The van der Waals surface area contributed by atoms with Crippen molar-refractivity contribution in [2.24, 2.45) is 0 Å². The summed E-state index contributed by atoms with van der Waals surface area (Å²) in [6.07, 6.45) is 0. The second-order valence-corrected chi connectivity index (χ2v) is 4.39. The second-order valence-electron chi connectivity index (χ2n) is 2.77. The van der Waals surface area contributed by atoms with E-state index in [-0.39, 0.29) is 5.76 Å². The average molecular weight is 247 g/mol. The van der Waals surface area contributed by atoms with Crippen LogP contribution >= 0.6 is 0 Å². The zero-order chi connectivity index (χ0) is 12.3. The monoisotopic (exact) mass is 247 g/mol. The van der Waals surface area contributed by atoms with Gasteiger partial charge in [0.25, 0.3) is 10.0 Å². The van der Waals surface area contributed by atoms with Crippen LogP contribution in [0.3, 0.4) is 0 Å². The molecule has 1 aromatic heterocycles. The van der Waals surface area contributed by atoms with Gasteiger partial charge in [0.05, 0.1) is 7.11 Å². The first-order valence-electron chi connectivity index (χ1n) is 4.08. The van der Waals surface area contributed by atoms with Crippen LogP contribution in [-0.2, 0) is 19.6 Å². The van der Waals surface area contributed by atoms with E-state index in [1.807, 2.05) is 0 Å². The second kappa shape index (κ2) is 4.35. The van der Waals surface area contributed by atoms with Gasteiger partial charge in [-0.1, -0.05) is 0 Å². The summed E-state index contributed by atoms with van der Waals surface area (Å²) in [6, 6.07) is 2.19. The van der Waals surface area contributed by atoms with Gasteiger partial charge < -0.3 is 9.15 Å². The van der Waals surface area contributed by atoms with Gasteiger partial charge in [-0.2, -0.15) is 8.42 Å². The highest BCUT2D eigenvalue weighted by molar-refractivity contribution is 7.89. The fourth-order valence-corrected chi connectivity index (χ4v) is 1.84. The third-order valence-corrected chi connectivity index (χ3v) is 2.82. The van der Waals surface area contributed by atoms with Crippen LogP contribution in [-0.4, -0.2) is 27.4 Å². The highest BCUT2D eigenvalue weighted by Gasteiger charge is 2.22. The van der Waals surface area contributed by atoms with Crippen LogP contribution in [0.4, 0.5) is 0 Å². The van der Waals surface area contributed by atoms with Crippen molar-refractivity contribution in [2.45, 2.75) is 12.0 Å². The molecule has 7 nitrogen and oxygen atoms in total. The zero-order valence-corrected chi connectivity index (χ0v) is 9.33. The predicted molar refractivity (Wildman–Crippen MR) is 51.1 cm³/mol. The van der Waals surface area contributed by atoms with E-state index in [1.54, 1.807) is 4.72 Å². The Morgan fingerprint density at radius 3 is 2.50 bits per heavy atom. The summed E-state index contributed by atoms with van der Waals surface area (Å²) in [5.74, 6) is -1.81. The Morgan fingerprint density at radius 1 is 1.38 bits per heavy atom. The van der Waals surface area contributed by atoms with Crippen molar-refractivity contribution in [3.63, 3.8) is 0 Å². The molecule has 88 valence electrons. The van der Waals surface area contributed by atoms with E-state index >= 15 is 0 Å². The molecule has 0 saturated carbocycles. The number of carbonyl (C=O) groups excluding carboxylic acids is 2. The Kier molecular flexibility index (Phi) is 3.33. The minimum atomic E-state index is -4.05. The number of sulfonamides is 1. The summed E-state index contributed by atoms with van der Waals surface area (Å²) in [5, 5.41) is -0.525. The van der Waals surface area contributed by atoms with Crippen molar-refractivity contribution in [1.82, 2.24) is 4.72 Å². The molecule has 1 amide bonds. The Bertz CT molecular complexity index is 514. The van der Waals surface area contributed by atoms with Crippen LogP contribution in [0.15, 0.2) is 21.6 Å². The number of carbonyl (C=O) groups is 2. The molecular formula is C8H9NO6S. The molecule has 1 rings (SSSR count). The van der Waals surface area contributed by atoms with E-state index < -0.39 is 27.0 Å². The smallest absolute Gasteiger partial charge is 0.374 e. The number of amides is 1. The molecule has 1 N–H and O–H groups in total. The molecule has 0 atom stereocenters. The van der Waals surface area contributed by atoms with E-state index in [1.165, 1.54) is 0 Å². The number of ether oxygens (including phenoxy) is 1. The maximum Gasteiger partial charge on any atom is 0.374 e.